The van der Waals surface area contributed by atoms with Crippen LogP contribution in [0, 0.1) is 0 Å². The summed E-state index contributed by atoms with van der Waals surface area (Å²) in [5, 5.41) is 0. The van der Waals surface area contributed by atoms with Gasteiger partial charge in [-0.05, 0) is 12.5 Å². The van der Waals surface area contributed by atoms with Crippen molar-refractivity contribution in [3.05, 3.63) is 0 Å². The quantitative estimate of drug-likeness (QED) is 0.484. The van der Waals surface area contributed by atoms with Gasteiger partial charge in [-0.25, -0.2) is 0 Å². The lowest BCUT2D eigenvalue weighted by Crippen LogP contribution is -1.96. The maximum absolute atomic E-state index is 4.18. The lowest BCUT2D eigenvalue weighted by molar-refractivity contribution is 1.93. The Hall–Kier alpha value is 1.40. The first kappa shape index (κ1) is 8.40. The second kappa shape index (κ2) is 3.43. The molecule has 7 heavy (non-hydrogen) atoms. The molecule has 0 unspecified atom stereocenters. The van der Waals surface area contributed by atoms with E-state index in [-0.39, 0.29) is 2.74 Å². The first-order valence-corrected chi connectivity index (χ1v) is 5.02. The fourth-order valence-electron chi connectivity index (χ4n) is 0.0833. The fraction of sp³-hybridized carbons (Fsp3) is 1.00. The smallest absolute Gasteiger partial charge is 0.140 e. The Morgan fingerprint density at radius 1 is 1.14 bits per heavy atom. The summed E-state index contributed by atoms with van der Waals surface area (Å²) in [5.74, 6) is 0. The van der Waals surface area contributed by atoms with E-state index in [0.29, 0.717) is 0 Å². The molecule has 0 aromatic carbocycles. The second-order valence-corrected chi connectivity index (χ2v) is 6.16. The predicted molar refractivity (Wildman–Crippen MR) is 47.7 cm³/mol. The summed E-state index contributed by atoms with van der Waals surface area (Å²) in [4.78, 5) is 0. The highest BCUT2D eigenvalue weighted by molar-refractivity contribution is 8.40. The van der Waals surface area contributed by atoms with Gasteiger partial charge in [-0.2, -0.15) is 0 Å². The fourth-order valence-corrected chi connectivity index (χ4v) is 0.750. The van der Waals surface area contributed by atoms with Crippen molar-refractivity contribution in [2.24, 2.45) is 0 Å². The third-order valence-corrected chi connectivity index (χ3v) is 4.79. The molecule has 0 saturated carbocycles. The van der Waals surface area contributed by atoms with Crippen molar-refractivity contribution in [3.63, 3.8) is 0 Å². The van der Waals surface area contributed by atoms with Gasteiger partial charge in [0, 0.05) is 0 Å². The normalized spacial score (nSPS) is 12.0. The maximum atomic E-state index is 4.18. The van der Waals surface area contributed by atoms with E-state index in [0.717, 1.165) is 0 Å². The highest BCUT2D eigenvalue weighted by atomic mass is 32.3. The van der Waals surface area contributed by atoms with Gasteiger partial charge in [0.05, 0.1) is 0 Å². The molecule has 0 N–H and O–H groups in total. The molecule has 0 heterocycles. The minimum atomic E-state index is -0.194. The first-order chi connectivity index (χ1) is 3.12. The Labute approximate surface area is 64.0 Å². The van der Waals surface area contributed by atoms with Gasteiger partial charge in [0.15, 0.2) is 0 Å². The van der Waals surface area contributed by atoms with Crippen LogP contribution in [-0.2, 0) is 0 Å². The average molecular weight is 172 g/mol. The molecule has 0 aliphatic heterocycles. The third-order valence-electron chi connectivity index (χ3n) is 0.532. The first-order valence-electron chi connectivity index (χ1n) is 1.67. The lowest BCUT2D eigenvalue weighted by Gasteiger charge is -2.14. The van der Waals surface area contributed by atoms with Crippen molar-refractivity contribution in [2.45, 2.75) is 2.74 Å². The average Bonchev–Trinajstić information content (AvgIpc) is 1.68. The molecule has 4 heteroatoms. The standard InChI is InChI=1S/C3H8S4/c1-6-3(4,5)7-2/h4-5H,1-2H3. The highest BCUT2D eigenvalue weighted by Crippen LogP contribution is 2.40. The van der Waals surface area contributed by atoms with Crippen molar-refractivity contribution in [1.82, 2.24) is 0 Å². The van der Waals surface area contributed by atoms with Gasteiger partial charge in [0.25, 0.3) is 0 Å². The zero-order valence-corrected chi connectivity index (χ0v) is 7.63. The molecular weight excluding hydrogens is 164 g/mol. The van der Waals surface area contributed by atoms with E-state index in [2.05, 4.69) is 25.3 Å². The van der Waals surface area contributed by atoms with Crippen molar-refractivity contribution < 1.29 is 0 Å². The molecule has 0 aliphatic rings. The Morgan fingerprint density at radius 3 is 1.43 bits per heavy atom. The highest BCUT2D eigenvalue weighted by Gasteiger charge is 2.14. The van der Waals surface area contributed by atoms with Gasteiger partial charge in [-0.1, -0.05) is 0 Å². The largest absolute Gasteiger partial charge is 0.147 e. The van der Waals surface area contributed by atoms with Crippen LogP contribution in [0.1, 0.15) is 0 Å². The van der Waals surface area contributed by atoms with Crippen LogP contribution in [0.15, 0.2) is 0 Å². The summed E-state index contributed by atoms with van der Waals surface area (Å²) in [6.07, 6.45) is 3.97. The molecule has 0 spiro atoms. The molecule has 0 nitrogen and oxygen atoms in total. The van der Waals surface area contributed by atoms with Gasteiger partial charge in [-0.15, -0.1) is 48.8 Å². The van der Waals surface area contributed by atoms with Crippen molar-refractivity contribution >= 4 is 48.8 Å². The molecule has 0 bridgehead atoms. The molecule has 0 aliphatic carbocycles. The third kappa shape index (κ3) is 3.94. The topological polar surface area (TPSA) is 0 Å². The van der Waals surface area contributed by atoms with E-state index < -0.39 is 0 Å². The van der Waals surface area contributed by atoms with Crippen LogP contribution in [0.25, 0.3) is 0 Å². The maximum Gasteiger partial charge on any atom is 0.147 e. The van der Waals surface area contributed by atoms with E-state index in [9.17, 15) is 0 Å². The molecule has 0 atom stereocenters. The van der Waals surface area contributed by atoms with Crippen LogP contribution in [-0.4, -0.2) is 15.3 Å². The molecule has 0 fully saturated rings. The summed E-state index contributed by atoms with van der Waals surface area (Å²) in [5.41, 5.74) is 0. The van der Waals surface area contributed by atoms with E-state index in [1.165, 1.54) is 0 Å². The molecule has 0 rings (SSSR count). The Balaban J connectivity index is 3.36. The van der Waals surface area contributed by atoms with Gasteiger partial charge in [0.1, 0.15) is 2.74 Å². The lowest BCUT2D eigenvalue weighted by atomic mass is 11.8. The minimum Gasteiger partial charge on any atom is -0.140 e. The SMILES string of the molecule is CSC(S)(S)SC. The number of thioether (sulfide) groups is 2. The summed E-state index contributed by atoms with van der Waals surface area (Å²) < 4.78 is -0.194. The number of hydrogen-bond donors (Lipinski definition) is 2. The predicted octanol–water partition coefficient (Wildman–Crippen LogP) is 2.18. The van der Waals surface area contributed by atoms with E-state index >= 15 is 0 Å². The Morgan fingerprint density at radius 2 is 1.43 bits per heavy atom. The van der Waals surface area contributed by atoms with E-state index in [1.807, 2.05) is 12.5 Å². The Kier molecular flexibility index (Phi) is 4.12. The summed E-state index contributed by atoms with van der Waals surface area (Å²) >= 11 is 11.6. The molecule has 0 amide bonds. The van der Waals surface area contributed by atoms with E-state index in [1.54, 1.807) is 23.5 Å². The van der Waals surface area contributed by atoms with Crippen LogP contribution >= 0.6 is 48.8 Å². The van der Waals surface area contributed by atoms with Crippen molar-refractivity contribution in [2.75, 3.05) is 12.5 Å². The van der Waals surface area contributed by atoms with Gasteiger partial charge in [-0.3, -0.25) is 0 Å². The molecule has 0 aromatic rings. The summed E-state index contributed by atoms with van der Waals surface area (Å²) in [6.45, 7) is 0. The molecule has 44 valence electrons. The molecule has 0 aromatic heterocycles. The zero-order valence-electron chi connectivity index (χ0n) is 4.21. The van der Waals surface area contributed by atoms with Crippen LogP contribution in [0.3, 0.4) is 0 Å². The monoisotopic (exact) mass is 172 g/mol. The minimum absolute atomic E-state index is 0.194. The number of rotatable bonds is 2. The summed E-state index contributed by atoms with van der Waals surface area (Å²) in [6, 6.07) is 0. The molecule has 0 radical (unpaired) electrons. The van der Waals surface area contributed by atoms with Crippen molar-refractivity contribution in [3.8, 4) is 0 Å². The number of hydrogen-bond acceptors (Lipinski definition) is 4. The van der Waals surface area contributed by atoms with Gasteiger partial charge >= 0.3 is 0 Å². The molecule has 0 saturated heterocycles. The van der Waals surface area contributed by atoms with Gasteiger partial charge < -0.3 is 0 Å². The molecular formula is C3H8S4. The van der Waals surface area contributed by atoms with Crippen LogP contribution in [0.4, 0.5) is 0 Å². The van der Waals surface area contributed by atoms with Crippen LogP contribution < -0.4 is 0 Å². The number of thiol groups is 2. The van der Waals surface area contributed by atoms with Crippen LogP contribution in [0.5, 0.6) is 0 Å². The van der Waals surface area contributed by atoms with Gasteiger partial charge in [0.2, 0.25) is 0 Å². The van der Waals surface area contributed by atoms with E-state index in [4.69, 9.17) is 0 Å². The Bertz CT molecular complexity index is 44.9. The second-order valence-electron chi connectivity index (χ2n) is 0.957. The summed E-state index contributed by atoms with van der Waals surface area (Å²) in [7, 11) is 0. The van der Waals surface area contributed by atoms with Crippen molar-refractivity contribution in [1.29, 1.82) is 0 Å². The van der Waals surface area contributed by atoms with Crippen LogP contribution in [0.2, 0.25) is 0 Å². The zero-order chi connectivity index (χ0) is 5.91.